The molecule has 1 saturated heterocycles. The molecule has 1 heterocycles. The maximum atomic E-state index is 12.8. The summed E-state index contributed by atoms with van der Waals surface area (Å²) in [5.74, 6) is 0. The minimum absolute atomic E-state index is 0.0245. The predicted octanol–water partition coefficient (Wildman–Crippen LogP) is 4.23. The number of hydrogen-bond acceptors (Lipinski definition) is 6. The predicted molar refractivity (Wildman–Crippen MR) is 101 cm³/mol. The van der Waals surface area contributed by atoms with Crippen LogP contribution in [-0.2, 0) is 14.6 Å². The number of rotatable bonds is 4. The third-order valence-corrected chi connectivity index (χ3v) is 6.62. The zero-order valence-electron chi connectivity index (χ0n) is 14.6. The second-order valence-electron chi connectivity index (χ2n) is 6.18. The van der Waals surface area contributed by atoms with Crippen LogP contribution in [0.2, 0.25) is 0 Å². The van der Waals surface area contributed by atoms with Gasteiger partial charge in [0.05, 0.1) is 16.4 Å². The topological polar surface area (TPSA) is 89.8 Å². The quantitative estimate of drug-likeness (QED) is 0.466. The molecule has 2 aromatic carbocycles. The van der Waals surface area contributed by atoms with Gasteiger partial charge in [-0.25, -0.2) is 8.42 Å². The fraction of sp³-hybridized carbons (Fsp3) is 0.294. The molecule has 0 saturated carbocycles. The first kappa shape index (κ1) is 21.5. The number of anilines is 1. The summed E-state index contributed by atoms with van der Waals surface area (Å²) in [4.78, 5) is 11.0. The summed E-state index contributed by atoms with van der Waals surface area (Å²) in [6.07, 6.45) is -0.433. The zero-order valence-corrected chi connectivity index (χ0v) is 17.0. The van der Waals surface area contributed by atoms with Crippen LogP contribution in [0.3, 0.4) is 0 Å². The molecule has 0 N–H and O–H groups in total. The molecule has 1 aliphatic rings. The molecule has 1 unspecified atom stereocenters. The van der Waals surface area contributed by atoms with Gasteiger partial charge in [-0.2, -0.15) is 13.2 Å². The van der Waals surface area contributed by atoms with Crippen LogP contribution in [0.1, 0.15) is 11.7 Å². The number of sulfone groups is 1. The Kier molecular flexibility index (Phi) is 5.88. The lowest BCUT2D eigenvalue weighted by Gasteiger charge is -2.34. The fourth-order valence-corrected chi connectivity index (χ4v) is 4.33. The fourth-order valence-electron chi connectivity index (χ4n) is 3.01. The van der Waals surface area contributed by atoms with Crippen LogP contribution in [0.4, 0.5) is 24.5 Å². The van der Waals surface area contributed by atoms with Gasteiger partial charge in [-0.15, -0.1) is 0 Å². The number of nitro benzene ring substituents is 1. The summed E-state index contributed by atoms with van der Waals surface area (Å²) < 4.78 is 68.1. The third kappa shape index (κ3) is 4.23. The van der Waals surface area contributed by atoms with Gasteiger partial charge >= 0.3 is 5.51 Å². The highest BCUT2D eigenvalue weighted by Gasteiger charge is 2.47. The third-order valence-electron chi connectivity index (χ3n) is 4.42. The lowest BCUT2D eigenvalue weighted by Crippen LogP contribution is -2.38. The van der Waals surface area contributed by atoms with Gasteiger partial charge in [0.2, 0.25) is 0 Å². The Bertz CT molecular complexity index is 1050. The summed E-state index contributed by atoms with van der Waals surface area (Å²) >= 11 is 3.42. The van der Waals surface area contributed by atoms with Crippen molar-refractivity contribution in [1.29, 1.82) is 0 Å². The van der Waals surface area contributed by atoms with Crippen LogP contribution in [0.25, 0.3) is 0 Å². The molecule has 156 valence electrons. The molecule has 1 aliphatic heterocycles. The van der Waals surface area contributed by atoms with E-state index in [-0.39, 0.29) is 25.4 Å². The number of ether oxygens (including phenoxy) is 1. The van der Waals surface area contributed by atoms with Crippen molar-refractivity contribution >= 4 is 37.1 Å². The summed E-state index contributed by atoms with van der Waals surface area (Å²) in [5.41, 5.74) is -5.43. The van der Waals surface area contributed by atoms with E-state index in [9.17, 15) is 31.7 Å². The van der Waals surface area contributed by atoms with Crippen LogP contribution in [0.15, 0.2) is 51.8 Å². The molecule has 1 atom stereocenters. The van der Waals surface area contributed by atoms with Crippen molar-refractivity contribution < 1.29 is 31.2 Å². The highest BCUT2D eigenvalue weighted by atomic mass is 79.9. The SMILES string of the molecule is O=[N+]([O-])c1cc(S(=O)(=O)C(F)(F)F)ccc1N1CCOC(c2ccccc2Br)C1. The maximum absolute atomic E-state index is 12.8. The second kappa shape index (κ2) is 7.92. The van der Waals surface area contributed by atoms with Crippen LogP contribution in [0.5, 0.6) is 0 Å². The smallest absolute Gasteiger partial charge is 0.370 e. The van der Waals surface area contributed by atoms with E-state index in [0.717, 1.165) is 22.2 Å². The molecule has 0 amide bonds. The molecule has 12 heteroatoms. The Balaban J connectivity index is 1.98. The summed E-state index contributed by atoms with van der Waals surface area (Å²) in [5, 5.41) is 11.5. The highest BCUT2D eigenvalue weighted by molar-refractivity contribution is 9.10. The first-order chi connectivity index (χ1) is 13.5. The Morgan fingerprint density at radius 1 is 1.21 bits per heavy atom. The van der Waals surface area contributed by atoms with E-state index < -0.39 is 37.0 Å². The monoisotopic (exact) mass is 494 g/mol. The number of nitro groups is 1. The number of benzene rings is 2. The van der Waals surface area contributed by atoms with Crippen LogP contribution in [0, 0.1) is 10.1 Å². The minimum Gasteiger partial charge on any atom is -0.370 e. The average Bonchev–Trinajstić information content (AvgIpc) is 2.67. The van der Waals surface area contributed by atoms with E-state index >= 15 is 0 Å². The highest BCUT2D eigenvalue weighted by Crippen LogP contribution is 2.38. The van der Waals surface area contributed by atoms with Gasteiger partial charge < -0.3 is 9.64 Å². The number of alkyl halides is 3. The average molecular weight is 495 g/mol. The Morgan fingerprint density at radius 2 is 1.90 bits per heavy atom. The summed E-state index contributed by atoms with van der Waals surface area (Å²) in [7, 11) is -5.69. The van der Waals surface area contributed by atoms with Gasteiger partial charge in [0.25, 0.3) is 15.5 Å². The van der Waals surface area contributed by atoms with E-state index in [4.69, 9.17) is 4.74 Å². The molecule has 0 aromatic heterocycles. The van der Waals surface area contributed by atoms with Crippen molar-refractivity contribution in [2.75, 3.05) is 24.6 Å². The molecule has 3 rings (SSSR count). The van der Waals surface area contributed by atoms with Crippen molar-refractivity contribution in [3.8, 4) is 0 Å². The Morgan fingerprint density at radius 3 is 2.52 bits per heavy atom. The molecule has 0 spiro atoms. The Hall–Kier alpha value is -2.18. The van der Waals surface area contributed by atoms with Gasteiger partial charge in [0, 0.05) is 23.6 Å². The van der Waals surface area contributed by atoms with Gasteiger partial charge in [-0.3, -0.25) is 10.1 Å². The van der Waals surface area contributed by atoms with Gasteiger partial charge in [-0.1, -0.05) is 34.1 Å². The van der Waals surface area contributed by atoms with E-state index in [1.165, 1.54) is 0 Å². The molecule has 0 radical (unpaired) electrons. The van der Waals surface area contributed by atoms with E-state index in [2.05, 4.69) is 15.9 Å². The number of nitrogens with zero attached hydrogens (tertiary/aromatic N) is 2. The first-order valence-corrected chi connectivity index (χ1v) is 10.5. The standard InChI is InChI=1S/C17H14BrF3N2O5S/c18-13-4-2-1-3-12(13)16-10-22(7-8-28-16)14-6-5-11(9-15(14)23(24)25)29(26,27)17(19,20)21/h1-6,9,16H,7-8,10H2. The normalized spacial score (nSPS) is 17.9. The van der Waals surface area contributed by atoms with Crippen molar-refractivity contribution in [2.45, 2.75) is 16.5 Å². The van der Waals surface area contributed by atoms with Crippen molar-refractivity contribution in [3.63, 3.8) is 0 Å². The zero-order chi connectivity index (χ0) is 21.4. The molecule has 29 heavy (non-hydrogen) atoms. The van der Waals surface area contributed by atoms with Crippen LogP contribution >= 0.6 is 15.9 Å². The first-order valence-electron chi connectivity index (χ1n) is 8.23. The maximum Gasteiger partial charge on any atom is 0.501 e. The van der Waals surface area contributed by atoms with E-state index in [1.54, 1.807) is 4.90 Å². The van der Waals surface area contributed by atoms with Gasteiger partial charge in [0.1, 0.15) is 11.8 Å². The molecule has 0 aliphatic carbocycles. The van der Waals surface area contributed by atoms with Crippen molar-refractivity contribution in [2.24, 2.45) is 0 Å². The number of halogens is 4. The second-order valence-corrected chi connectivity index (χ2v) is 8.98. The van der Waals surface area contributed by atoms with Gasteiger partial charge in [-0.05, 0) is 23.8 Å². The molecule has 2 aromatic rings. The van der Waals surface area contributed by atoms with Crippen molar-refractivity contribution in [1.82, 2.24) is 0 Å². The summed E-state index contributed by atoms with van der Waals surface area (Å²) in [6.45, 7) is 0.688. The molecular formula is C17H14BrF3N2O5S. The molecule has 7 nitrogen and oxygen atoms in total. The lowest BCUT2D eigenvalue weighted by atomic mass is 10.1. The lowest BCUT2D eigenvalue weighted by molar-refractivity contribution is -0.384. The minimum atomic E-state index is -5.69. The largest absolute Gasteiger partial charge is 0.501 e. The molecular weight excluding hydrogens is 481 g/mol. The van der Waals surface area contributed by atoms with E-state index in [1.807, 2.05) is 24.3 Å². The van der Waals surface area contributed by atoms with Crippen LogP contribution in [-0.4, -0.2) is 38.5 Å². The van der Waals surface area contributed by atoms with Crippen molar-refractivity contribution in [3.05, 3.63) is 62.6 Å². The molecule has 1 fully saturated rings. The number of hydrogen-bond donors (Lipinski definition) is 0. The Labute approximate surface area is 172 Å². The van der Waals surface area contributed by atoms with Gasteiger partial charge in [0.15, 0.2) is 0 Å². The summed E-state index contributed by atoms with van der Waals surface area (Å²) in [6, 6.07) is 9.47. The number of morpholine rings is 1. The van der Waals surface area contributed by atoms with E-state index in [0.29, 0.717) is 6.07 Å². The van der Waals surface area contributed by atoms with Crippen LogP contribution < -0.4 is 4.90 Å². The molecule has 0 bridgehead atoms.